The molecule has 0 unspecified atom stereocenters. The molecule has 4 nitrogen and oxygen atoms in total. The topological polar surface area (TPSA) is 48.1 Å². The van der Waals surface area contributed by atoms with Crippen LogP contribution in [-0.4, -0.2) is 42.0 Å². The van der Waals surface area contributed by atoms with Crippen LogP contribution >= 0.6 is 11.6 Å². The molecule has 0 spiro atoms. The quantitative estimate of drug-likeness (QED) is 0.912. The predicted molar refractivity (Wildman–Crippen MR) is 85.9 cm³/mol. The first-order valence-corrected chi connectivity index (χ1v) is 7.89. The van der Waals surface area contributed by atoms with E-state index in [1.54, 1.807) is 0 Å². The summed E-state index contributed by atoms with van der Waals surface area (Å²) < 4.78 is 0. The lowest BCUT2D eigenvalue weighted by molar-refractivity contribution is 0.0942. The Labute approximate surface area is 129 Å². The number of piperidine rings is 1. The van der Waals surface area contributed by atoms with Crippen molar-refractivity contribution < 1.29 is 4.79 Å². The number of hydrogen-bond donors (Lipinski definition) is 2. The maximum Gasteiger partial charge on any atom is 0.267 e. The second kappa shape index (κ2) is 6.50. The molecule has 112 valence electrons. The fourth-order valence-corrected chi connectivity index (χ4v) is 3.01. The van der Waals surface area contributed by atoms with Crippen LogP contribution in [0.25, 0.3) is 10.9 Å². The summed E-state index contributed by atoms with van der Waals surface area (Å²) in [7, 11) is 0. The van der Waals surface area contributed by atoms with Gasteiger partial charge in [0.2, 0.25) is 0 Å². The summed E-state index contributed by atoms with van der Waals surface area (Å²) in [5.74, 6) is -0.0562. The van der Waals surface area contributed by atoms with Crippen molar-refractivity contribution in [3.63, 3.8) is 0 Å². The number of halogens is 1. The number of hydrogen-bond acceptors (Lipinski definition) is 2. The molecule has 2 heterocycles. The second-order valence-electron chi connectivity index (χ2n) is 5.57. The van der Waals surface area contributed by atoms with E-state index in [-0.39, 0.29) is 5.91 Å². The molecule has 1 aromatic heterocycles. The fraction of sp³-hybridized carbons (Fsp3) is 0.438. The largest absolute Gasteiger partial charge is 0.351 e. The predicted octanol–water partition coefficient (Wildman–Crippen LogP) is 3.04. The Morgan fingerprint density at radius 2 is 2.05 bits per heavy atom. The number of carbonyl (C=O) groups excluding carboxylic acids is 1. The Hall–Kier alpha value is -1.52. The number of nitrogens with one attached hydrogen (secondary N) is 2. The van der Waals surface area contributed by atoms with Crippen molar-refractivity contribution in [1.82, 2.24) is 15.2 Å². The number of aromatic nitrogens is 1. The third-order valence-corrected chi connectivity index (χ3v) is 4.22. The first kappa shape index (κ1) is 14.4. The Balaban J connectivity index is 1.56. The van der Waals surface area contributed by atoms with Crippen LogP contribution in [0.3, 0.4) is 0 Å². The minimum Gasteiger partial charge on any atom is -0.351 e. The van der Waals surface area contributed by atoms with E-state index in [4.69, 9.17) is 11.6 Å². The summed E-state index contributed by atoms with van der Waals surface area (Å²) in [6, 6.07) is 7.41. The van der Waals surface area contributed by atoms with E-state index in [9.17, 15) is 4.79 Å². The Morgan fingerprint density at radius 3 is 2.86 bits per heavy atom. The lowest BCUT2D eigenvalue weighted by Gasteiger charge is -2.26. The summed E-state index contributed by atoms with van der Waals surface area (Å²) in [6.45, 7) is 3.92. The van der Waals surface area contributed by atoms with Crippen LogP contribution in [0, 0.1) is 0 Å². The average molecular weight is 306 g/mol. The van der Waals surface area contributed by atoms with Gasteiger partial charge in [0.25, 0.3) is 5.91 Å². The molecule has 0 bridgehead atoms. The minimum absolute atomic E-state index is 0.0562. The van der Waals surface area contributed by atoms with Gasteiger partial charge in [-0.15, -0.1) is 0 Å². The molecule has 2 N–H and O–H groups in total. The van der Waals surface area contributed by atoms with Gasteiger partial charge in [0.1, 0.15) is 5.69 Å². The zero-order chi connectivity index (χ0) is 14.7. The first-order valence-electron chi connectivity index (χ1n) is 7.51. The van der Waals surface area contributed by atoms with Crippen LogP contribution in [0.4, 0.5) is 0 Å². The van der Waals surface area contributed by atoms with Crippen LogP contribution in [0.5, 0.6) is 0 Å². The van der Waals surface area contributed by atoms with Gasteiger partial charge in [-0.05, 0) is 50.2 Å². The lowest BCUT2D eigenvalue weighted by Crippen LogP contribution is -2.37. The highest BCUT2D eigenvalue weighted by molar-refractivity contribution is 6.31. The van der Waals surface area contributed by atoms with E-state index < -0.39 is 0 Å². The number of amides is 1. The van der Waals surface area contributed by atoms with Crippen molar-refractivity contribution in [2.75, 3.05) is 26.2 Å². The van der Waals surface area contributed by atoms with Crippen molar-refractivity contribution in [1.29, 1.82) is 0 Å². The van der Waals surface area contributed by atoms with Gasteiger partial charge in [0, 0.05) is 29.0 Å². The maximum absolute atomic E-state index is 12.1. The average Bonchev–Trinajstić information content (AvgIpc) is 2.91. The van der Waals surface area contributed by atoms with Gasteiger partial charge >= 0.3 is 0 Å². The number of likely N-dealkylation sites (tertiary alicyclic amines) is 1. The Kier molecular flexibility index (Phi) is 4.46. The smallest absolute Gasteiger partial charge is 0.267 e. The summed E-state index contributed by atoms with van der Waals surface area (Å²) in [6.07, 6.45) is 3.88. The molecule has 21 heavy (non-hydrogen) atoms. The van der Waals surface area contributed by atoms with Gasteiger partial charge in [0.05, 0.1) is 0 Å². The molecule has 0 atom stereocenters. The molecule has 1 fully saturated rings. The van der Waals surface area contributed by atoms with Crippen LogP contribution < -0.4 is 5.32 Å². The SMILES string of the molecule is O=C(NCCN1CCCCC1)c1cc2cc(Cl)ccc2[nH]1. The Bertz CT molecular complexity index is 631. The summed E-state index contributed by atoms with van der Waals surface area (Å²) in [5.41, 5.74) is 1.52. The number of nitrogens with zero attached hydrogens (tertiary/aromatic N) is 1. The van der Waals surface area contributed by atoms with E-state index in [1.807, 2.05) is 24.3 Å². The molecule has 1 aliphatic heterocycles. The highest BCUT2D eigenvalue weighted by atomic mass is 35.5. The van der Waals surface area contributed by atoms with Gasteiger partial charge in [-0.2, -0.15) is 0 Å². The van der Waals surface area contributed by atoms with Gasteiger partial charge in [0.15, 0.2) is 0 Å². The highest BCUT2D eigenvalue weighted by Crippen LogP contribution is 2.20. The van der Waals surface area contributed by atoms with Crippen molar-refractivity contribution in [2.45, 2.75) is 19.3 Å². The molecular weight excluding hydrogens is 286 g/mol. The van der Waals surface area contributed by atoms with E-state index in [0.717, 1.165) is 30.5 Å². The number of H-pyrrole nitrogens is 1. The maximum atomic E-state index is 12.1. The fourth-order valence-electron chi connectivity index (χ4n) is 2.83. The second-order valence-corrected chi connectivity index (χ2v) is 6.01. The van der Waals surface area contributed by atoms with Gasteiger partial charge in [-0.1, -0.05) is 18.0 Å². The third-order valence-electron chi connectivity index (χ3n) is 3.99. The molecular formula is C16H20ClN3O. The standard InChI is InChI=1S/C16H20ClN3O/c17-13-4-5-14-12(10-13)11-15(19-14)16(21)18-6-9-20-7-2-1-3-8-20/h4-5,10-11,19H,1-3,6-9H2,(H,18,21). The van der Waals surface area contributed by atoms with Crippen molar-refractivity contribution in [2.24, 2.45) is 0 Å². The van der Waals surface area contributed by atoms with E-state index in [0.29, 0.717) is 17.3 Å². The lowest BCUT2D eigenvalue weighted by atomic mass is 10.1. The summed E-state index contributed by atoms with van der Waals surface area (Å²) in [4.78, 5) is 17.7. The van der Waals surface area contributed by atoms with Crippen molar-refractivity contribution in [3.8, 4) is 0 Å². The molecule has 1 aromatic carbocycles. The van der Waals surface area contributed by atoms with Gasteiger partial charge < -0.3 is 15.2 Å². The van der Waals surface area contributed by atoms with Crippen LogP contribution in [0.1, 0.15) is 29.8 Å². The van der Waals surface area contributed by atoms with E-state index in [1.165, 1.54) is 19.3 Å². The molecule has 3 rings (SSSR count). The number of benzene rings is 1. The van der Waals surface area contributed by atoms with Crippen molar-refractivity contribution in [3.05, 3.63) is 35.0 Å². The normalized spacial score (nSPS) is 16.2. The minimum atomic E-state index is -0.0562. The zero-order valence-electron chi connectivity index (χ0n) is 12.0. The third kappa shape index (κ3) is 3.57. The summed E-state index contributed by atoms with van der Waals surface area (Å²) in [5, 5.41) is 4.62. The van der Waals surface area contributed by atoms with Crippen LogP contribution in [-0.2, 0) is 0 Å². The van der Waals surface area contributed by atoms with Crippen molar-refractivity contribution >= 4 is 28.4 Å². The van der Waals surface area contributed by atoms with Crippen LogP contribution in [0.2, 0.25) is 5.02 Å². The molecule has 0 saturated carbocycles. The number of aromatic amines is 1. The zero-order valence-corrected chi connectivity index (χ0v) is 12.7. The molecule has 2 aromatic rings. The molecule has 0 radical (unpaired) electrons. The first-order chi connectivity index (χ1) is 10.2. The van der Waals surface area contributed by atoms with E-state index in [2.05, 4.69) is 15.2 Å². The Morgan fingerprint density at radius 1 is 1.24 bits per heavy atom. The van der Waals surface area contributed by atoms with Crippen LogP contribution in [0.15, 0.2) is 24.3 Å². The number of fused-ring (bicyclic) bond motifs is 1. The van der Waals surface area contributed by atoms with Gasteiger partial charge in [-0.3, -0.25) is 4.79 Å². The molecule has 1 amide bonds. The molecule has 0 aliphatic carbocycles. The number of carbonyl (C=O) groups is 1. The highest BCUT2D eigenvalue weighted by Gasteiger charge is 2.12. The van der Waals surface area contributed by atoms with Gasteiger partial charge in [-0.25, -0.2) is 0 Å². The number of rotatable bonds is 4. The monoisotopic (exact) mass is 305 g/mol. The molecule has 5 heteroatoms. The molecule has 1 aliphatic rings. The summed E-state index contributed by atoms with van der Waals surface area (Å²) >= 11 is 5.96. The van der Waals surface area contributed by atoms with E-state index >= 15 is 0 Å². The molecule has 1 saturated heterocycles.